The molecule has 0 radical (unpaired) electrons. The maximum Gasteiger partial charge on any atom is 0.363 e. The summed E-state index contributed by atoms with van der Waals surface area (Å²) >= 11 is 9.22. The van der Waals surface area contributed by atoms with Crippen LogP contribution in [0.25, 0.3) is 6.08 Å². The molecule has 0 unspecified atom stereocenters. The van der Waals surface area contributed by atoms with Crippen molar-refractivity contribution in [1.82, 2.24) is 0 Å². The van der Waals surface area contributed by atoms with E-state index >= 15 is 0 Å². The van der Waals surface area contributed by atoms with E-state index in [1.807, 2.05) is 0 Å². The number of halogens is 2. The molecular formula is C23H13BrClNO4. The largest absolute Gasteiger partial charge is 0.422 e. The van der Waals surface area contributed by atoms with E-state index in [1.165, 1.54) is 6.08 Å². The van der Waals surface area contributed by atoms with Gasteiger partial charge in [0, 0.05) is 20.6 Å². The number of benzene rings is 3. The van der Waals surface area contributed by atoms with Gasteiger partial charge in [0.15, 0.2) is 5.70 Å². The van der Waals surface area contributed by atoms with Crippen LogP contribution in [0, 0.1) is 0 Å². The highest BCUT2D eigenvalue weighted by Crippen LogP contribution is 2.26. The number of esters is 2. The fourth-order valence-electron chi connectivity index (χ4n) is 2.71. The van der Waals surface area contributed by atoms with Crippen LogP contribution in [-0.2, 0) is 9.53 Å². The first kappa shape index (κ1) is 20.1. The molecule has 0 bridgehead atoms. The number of nitrogens with zero attached hydrogens (tertiary/aromatic N) is 1. The molecule has 3 aromatic rings. The first-order valence-electron chi connectivity index (χ1n) is 8.85. The Hall–Kier alpha value is -3.22. The molecule has 0 aliphatic carbocycles. The molecule has 1 aliphatic heterocycles. The Morgan fingerprint density at radius 2 is 1.70 bits per heavy atom. The summed E-state index contributed by atoms with van der Waals surface area (Å²) in [7, 11) is 0. The Morgan fingerprint density at radius 3 is 2.43 bits per heavy atom. The van der Waals surface area contributed by atoms with E-state index in [4.69, 9.17) is 21.1 Å². The second-order valence-electron chi connectivity index (χ2n) is 6.28. The first-order chi connectivity index (χ1) is 14.5. The first-order valence-corrected chi connectivity index (χ1v) is 10.0. The third kappa shape index (κ3) is 4.50. The molecule has 3 aromatic carbocycles. The van der Waals surface area contributed by atoms with Gasteiger partial charge in [-0.1, -0.05) is 45.7 Å². The van der Waals surface area contributed by atoms with Crippen molar-refractivity contribution in [1.29, 1.82) is 0 Å². The number of carbonyl (C=O) groups excluding carboxylic acids is 2. The summed E-state index contributed by atoms with van der Waals surface area (Å²) in [6.45, 7) is 0. The fraction of sp³-hybridized carbons (Fsp3) is 0. The highest BCUT2D eigenvalue weighted by Gasteiger charge is 2.24. The van der Waals surface area contributed by atoms with Crippen molar-refractivity contribution >= 4 is 51.4 Å². The summed E-state index contributed by atoms with van der Waals surface area (Å²) in [6.07, 6.45) is 1.52. The molecule has 148 valence electrons. The van der Waals surface area contributed by atoms with Crippen molar-refractivity contribution in [2.75, 3.05) is 0 Å². The molecule has 5 nitrogen and oxygen atoms in total. The monoisotopic (exact) mass is 481 g/mol. The normalized spacial score (nSPS) is 14.4. The fourth-order valence-corrected chi connectivity index (χ4v) is 3.10. The molecule has 0 atom stereocenters. The molecule has 0 amide bonds. The molecule has 0 aromatic heterocycles. The molecule has 0 spiro atoms. The van der Waals surface area contributed by atoms with Gasteiger partial charge in [-0.3, -0.25) is 0 Å². The van der Waals surface area contributed by atoms with Crippen molar-refractivity contribution in [3.05, 3.63) is 105 Å². The summed E-state index contributed by atoms with van der Waals surface area (Å²) in [5.41, 5.74) is 1.66. The van der Waals surface area contributed by atoms with Gasteiger partial charge in [-0.05, 0) is 60.7 Å². The number of hydrogen-bond donors (Lipinski definition) is 0. The van der Waals surface area contributed by atoms with Crippen LogP contribution in [0.2, 0.25) is 5.02 Å². The van der Waals surface area contributed by atoms with Crippen LogP contribution in [0.15, 0.2) is 88.0 Å². The van der Waals surface area contributed by atoms with Crippen LogP contribution in [-0.4, -0.2) is 17.8 Å². The van der Waals surface area contributed by atoms with Gasteiger partial charge in [0.05, 0.1) is 5.56 Å². The molecule has 7 heteroatoms. The predicted molar refractivity (Wildman–Crippen MR) is 118 cm³/mol. The molecule has 0 saturated carbocycles. The van der Waals surface area contributed by atoms with Crippen LogP contribution in [0.5, 0.6) is 5.75 Å². The van der Waals surface area contributed by atoms with E-state index in [1.54, 1.807) is 72.8 Å². The van der Waals surface area contributed by atoms with Crippen molar-refractivity contribution in [3.8, 4) is 5.75 Å². The van der Waals surface area contributed by atoms with Gasteiger partial charge in [-0.25, -0.2) is 14.6 Å². The maximum absolute atomic E-state index is 12.5. The number of cyclic esters (lactones) is 1. The van der Waals surface area contributed by atoms with Crippen LogP contribution < -0.4 is 4.74 Å². The van der Waals surface area contributed by atoms with Crippen LogP contribution in [0.1, 0.15) is 21.5 Å². The summed E-state index contributed by atoms with van der Waals surface area (Å²) < 4.78 is 11.6. The minimum atomic E-state index is -0.589. The molecule has 0 fully saturated rings. The number of rotatable bonds is 4. The molecule has 0 saturated heterocycles. The lowest BCUT2D eigenvalue weighted by molar-refractivity contribution is -0.129. The molecule has 1 heterocycles. The van der Waals surface area contributed by atoms with Crippen LogP contribution >= 0.6 is 27.5 Å². The summed E-state index contributed by atoms with van der Waals surface area (Å²) in [5, 5.41) is 0.570. The third-order valence-electron chi connectivity index (χ3n) is 4.21. The van der Waals surface area contributed by atoms with Gasteiger partial charge < -0.3 is 9.47 Å². The van der Waals surface area contributed by atoms with E-state index in [0.29, 0.717) is 27.5 Å². The lowest BCUT2D eigenvalue weighted by Crippen LogP contribution is -2.09. The number of carbonyl (C=O) groups is 2. The minimum Gasteiger partial charge on any atom is -0.422 e. The zero-order chi connectivity index (χ0) is 21.1. The number of ether oxygens (including phenoxy) is 2. The second kappa shape index (κ2) is 8.65. The number of hydrogen-bond acceptors (Lipinski definition) is 5. The van der Waals surface area contributed by atoms with Gasteiger partial charge in [0.25, 0.3) is 0 Å². The lowest BCUT2D eigenvalue weighted by atomic mass is 10.1. The zero-order valence-electron chi connectivity index (χ0n) is 15.3. The van der Waals surface area contributed by atoms with Crippen molar-refractivity contribution in [2.45, 2.75) is 0 Å². The summed E-state index contributed by atoms with van der Waals surface area (Å²) in [6, 6.07) is 20.5. The quantitative estimate of drug-likeness (QED) is 0.273. The van der Waals surface area contributed by atoms with Crippen LogP contribution in [0.3, 0.4) is 0 Å². The molecule has 1 aliphatic rings. The van der Waals surface area contributed by atoms with Gasteiger partial charge in [0.1, 0.15) is 5.75 Å². The van der Waals surface area contributed by atoms with Gasteiger partial charge in [-0.2, -0.15) is 0 Å². The van der Waals surface area contributed by atoms with E-state index in [2.05, 4.69) is 20.9 Å². The Balaban J connectivity index is 1.61. The topological polar surface area (TPSA) is 65.0 Å². The van der Waals surface area contributed by atoms with Crippen LogP contribution in [0.4, 0.5) is 0 Å². The second-order valence-corrected chi connectivity index (χ2v) is 7.63. The van der Waals surface area contributed by atoms with Gasteiger partial charge in [-0.15, -0.1) is 0 Å². The van der Waals surface area contributed by atoms with E-state index in [0.717, 1.165) is 4.47 Å². The molecule has 30 heavy (non-hydrogen) atoms. The van der Waals surface area contributed by atoms with E-state index in [-0.39, 0.29) is 11.6 Å². The third-order valence-corrected chi connectivity index (χ3v) is 4.99. The molecular weight excluding hydrogens is 470 g/mol. The SMILES string of the molecule is O=C1OC(c2ccc(Cl)cc2)=NC1=Cc1ccccc1OC(=O)c1ccc(Br)cc1. The Bertz CT molecular complexity index is 1180. The van der Waals surface area contributed by atoms with Gasteiger partial charge >= 0.3 is 11.9 Å². The van der Waals surface area contributed by atoms with E-state index < -0.39 is 11.9 Å². The number of para-hydroxylation sites is 1. The number of aliphatic imine (C=N–C) groups is 1. The molecule has 0 N–H and O–H groups in total. The van der Waals surface area contributed by atoms with Crippen molar-refractivity contribution < 1.29 is 19.1 Å². The highest BCUT2D eigenvalue weighted by molar-refractivity contribution is 9.10. The Morgan fingerprint density at radius 1 is 1.00 bits per heavy atom. The predicted octanol–water partition coefficient (Wildman–Crippen LogP) is 5.67. The molecule has 4 rings (SSSR count). The van der Waals surface area contributed by atoms with Crippen molar-refractivity contribution in [2.24, 2.45) is 4.99 Å². The van der Waals surface area contributed by atoms with Crippen molar-refractivity contribution in [3.63, 3.8) is 0 Å². The standard InChI is InChI=1S/C23H13BrClNO4/c24-17-9-5-15(6-10-17)22(27)29-20-4-2-1-3-16(20)13-19-23(28)30-21(26-19)14-7-11-18(25)12-8-14/h1-13H. The van der Waals surface area contributed by atoms with Gasteiger partial charge in [0.2, 0.25) is 5.90 Å². The summed E-state index contributed by atoms with van der Waals surface area (Å²) in [5.74, 6) is -0.602. The average Bonchev–Trinajstić information content (AvgIpc) is 3.10. The minimum absolute atomic E-state index is 0.104. The highest BCUT2D eigenvalue weighted by atomic mass is 79.9. The van der Waals surface area contributed by atoms with E-state index in [9.17, 15) is 9.59 Å². The lowest BCUT2D eigenvalue weighted by Gasteiger charge is -2.07. The Kier molecular flexibility index (Phi) is 5.79. The smallest absolute Gasteiger partial charge is 0.363 e. The zero-order valence-corrected chi connectivity index (χ0v) is 17.7. The Labute approximate surface area is 185 Å². The summed E-state index contributed by atoms with van der Waals surface area (Å²) in [4.78, 5) is 29.0. The maximum atomic E-state index is 12.5. The average molecular weight is 483 g/mol.